The minimum atomic E-state index is 0.521. The molecule has 1 aromatic rings. The molecule has 1 saturated carbocycles. The summed E-state index contributed by atoms with van der Waals surface area (Å²) in [6.07, 6.45) is 4.88. The Morgan fingerprint density at radius 3 is 2.94 bits per heavy atom. The van der Waals surface area contributed by atoms with E-state index in [1.54, 1.807) is 0 Å². The van der Waals surface area contributed by atoms with E-state index in [2.05, 4.69) is 20.8 Å². The van der Waals surface area contributed by atoms with Crippen molar-refractivity contribution in [2.75, 3.05) is 25.1 Å². The molecule has 1 unspecified atom stereocenters. The molecule has 2 heterocycles. The lowest BCUT2D eigenvalue weighted by molar-refractivity contribution is 0.0593. The van der Waals surface area contributed by atoms with Crippen LogP contribution in [-0.4, -0.2) is 36.0 Å². The van der Waals surface area contributed by atoms with Crippen LogP contribution < -0.4 is 10.6 Å². The van der Waals surface area contributed by atoms with Gasteiger partial charge in [-0.05, 0) is 31.6 Å². The first-order chi connectivity index (χ1) is 8.90. The highest BCUT2D eigenvalue weighted by atomic mass is 16.5. The minimum absolute atomic E-state index is 0.521. The maximum atomic E-state index is 5.52. The Balaban J connectivity index is 1.41. The molecule has 1 aliphatic carbocycles. The van der Waals surface area contributed by atoms with Gasteiger partial charge in [-0.15, -0.1) is 5.10 Å². The molecule has 3 rings (SSSR count). The van der Waals surface area contributed by atoms with Crippen LogP contribution in [0, 0.1) is 5.92 Å². The van der Waals surface area contributed by atoms with Gasteiger partial charge in [-0.2, -0.15) is 0 Å². The average Bonchev–Trinajstić information content (AvgIpc) is 3.14. The molecule has 2 fully saturated rings. The zero-order valence-corrected chi connectivity index (χ0v) is 10.5. The second-order valence-electron chi connectivity index (χ2n) is 5.12. The number of aromatic nitrogens is 2. The maximum Gasteiger partial charge on any atom is 0.315 e. The summed E-state index contributed by atoms with van der Waals surface area (Å²) in [4.78, 5) is 0. The Labute approximate surface area is 106 Å². The van der Waals surface area contributed by atoms with Crippen molar-refractivity contribution in [1.82, 2.24) is 15.5 Å². The average molecular weight is 252 g/mol. The topological polar surface area (TPSA) is 72.2 Å². The Morgan fingerprint density at radius 1 is 1.22 bits per heavy atom. The van der Waals surface area contributed by atoms with Crippen LogP contribution in [0.25, 0.3) is 0 Å². The molecule has 1 aromatic heterocycles. The molecule has 1 atom stereocenters. The summed E-state index contributed by atoms with van der Waals surface area (Å²) < 4.78 is 10.9. The molecule has 0 spiro atoms. The summed E-state index contributed by atoms with van der Waals surface area (Å²) in [6.45, 7) is 3.24. The molecule has 18 heavy (non-hydrogen) atoms. The fraction of sp³-hybridized carbons (Fsp3) is 0.833. The molecule has 2 aliphatic rings. The third-order valence-corrected chi connectivity index (χ3v) is 3.38. The molecule has 6 heteroatoms. The minimum Gasteiger partial charge on any atom is -0.407 e. The third kappa shape index (κ3) is 3.43. The van der Waals surface area contributed by atoms with Gasteiger partial charge in [-0.25, -0.2) is 0 Å². The predicted octanol–water partition coefficient (Wildman–Crippen LogP) is 1.16. The largest absolute Gasteiger partial charge is 0.407 e. The first-order valence-electron chi connectivity index (χ1n) is 6.77. The highest BCUT2D eigenvalue weighted by molar-refractivity contribution is 5.16. The Bertz CT molecular complexity index is 372. The lowest BCUT2D eigenvalue weighted by Crippen LogP contribution is -2.24. The first-order valence-corrected chi connectivity index (χ1v) is 6.77. The smallest absolute Gasteiger partial charge is 0.315 e. The van der Waals surface area contributed by atoms with Crippen molar-refractivity contribution < 1.29 is 9.15 Å². The van der Waals surface area contributed by atoms with E-state index in [1.165, 1.54) is 19.3 Å². The number of hydrogen-bond acceptors (Lipinski definition) is 6. The fourth-order valence-corrected chi connectivity index (χ4v) is 2.12. The van der Waals surface area contributed by atoms with Crippen LogP contribution in [0.2, 0.25) is 0 Å². The van der Waals surface area contributed by atoms with Gasteiger partial charge >= 0.3 is 6.01 Å². The molecule has 0 aromatic carbocycles. The SMILES string of the molecule is C1COCC(CNc2nnc(CNC3CC3)o2)C1. The van der Waals surface area contributed by atoms with Crippen LogP contribution in [0.1, 0.15) is 31.6 Å². The van der Waals surface area contributed by atoms with Crippen molar-refractivity contribution in [2.24, 2.45) is 5.92 Å². The second kappa shape index (κ2) is 5.67. The predicted molar refractivity (Wildman–Crippen MR) is 66.2 cm³/mol. The Hall–Kier alpha value is -1.14. The van der Waals surface area contributed by atoms with Crippen molar-refractivity contribution in [3.8, 4) is 0 Å². The molecule has 1 saturated heterocycles. The molecular formula is C12H20N4O2. The van der Waals surface area contributed by atoms with Gasteiger partial charge in [0.15, 0.2) is 0 Å². The number of nitrogens with one attached hydrogen (secondary N) is 2. The van der Waals surface area contributed by atoms with Gasteiger partial charge < -0.3 is 19.8 Å². The van der Waals surface area contributed by atoms with Gasteiger partial charge in [0, 0.05) is 19.2 Å². The van der Waals surface area contributed by atoms with Crippen LogP contribution in [0.15, 0.2) is 4.42 Å². The highest BCUT2D eigenvalue weighted by Crippen LogP contribution is 2.19. The summed E-state index contributed by atoms with van der Waals surface area (Å²) in [5, 5.41) is 14.5. The highest BCUT2D eigenvalue weighted by Gasteiger charge is 2.21. The lowest BCUT2D eigenvalue weighted by atomic mass is 10.0. The van der Waals surface area contributed by atoms with Gasteiger partial charge in [0.2, 0.25) is 5.89 Å². The zero-order valence-electron chi connectivity index (χ0n) is 10.5. The van der Waals surface area contributed by atoms with Gasteiger partial charge in [0.05, 0.1) is 13.2 Å². The number of nitrogens with zero attached hydrogens (tertiary/aromatic N) is 2. The summed E-state index contributed by atoms with van der Waals surface area (Å²) in [5.74, 6) is 1.21. The van der Waals surface area contributed by atoms with E-state index in [0.717, 1.165) is 26.2 Å². The fourth-order valence-electron chi connectivity index (χ4n) is 2.12. The van der Waals surface area contributed by atoms with E-state index in [0.29, 0.717) is 30.4 Å². The van der Waals surface area contributed by atoms with Crippen LogP contribution in [0.3, 0.4) is 0 Å². The molecule has 1 aliphatic heterocycles. The number of hydrogen-bond donors (Lipinski definition) is 2. The summed E-state index contributed by atoms with van der Waals surface area (Å²) in [5.41, 5.74) is 0. The molecule has 100 valence electrons. The molecule has 0 bridgehead atoms. The van der Waals surface area contributed by atoms with Crippen LogP contribution in [0.4, 0.5) is 6.01 Å². The lowest BCUT2D eigenvalue weighted by Gasteiger charge is -2.21. The Kier molecular flexibility index (Phi) is 3.75. The molecule has 0 radical (unpaired) electrons. The van der Waals surface area contributed by atoms with Crippen molar-refractivity contribution in [2.45, 2.75) is 38.3 Å². The van der Waals surface area contributed by atoms with E-state index in [9.17, 15) is 0 Å². The summed E-state index contributed by atoms with van der Waals surface area (Å²) in [7, 11) is 0. The quantitative estimate of drug-likeness (QED) is 0.791. The normalized spacial score (nSPS) is 24.1. The number of rotatable bonds is 6. The number of anilines is 1. The maximum absolute atomic E-state index is 5.52. The van der Waals surface area contributed by atoms with E-state index < -0.39 is 0 Å². The monoisotopic (exact) mass is 252 g/mol. The van der Waals surface area contributed by atoms with Crippen molar-refractivity contribution in [3.05, 3.63) is 5.89 Å². The van der Waals surface area contributed by atoms with E-state index in [1.807, 2.05) is 0 Å². The molecule has 0 amide bonds. The molecule has 6 nitrogen and oxygen atoms in total. The zero-order chi connectivity index (χ0) is 12.2. The van der Waals surface area contributed by atoms with Gasteiger partial charge in [0.1, 0.15) is 0 Å². The third-order valence-electron chi connectivity index (χ3n) is 3.38. The molecule has 2 N–H and O–H groups in total. The Morgan fingerprint density at radius 2 is 2.17 bits per heavy atom. The number of ether oxygens (including phenoxy) is 1. The van der Waals surface area contributed by atoms with Crippen LogP contribution in [-0.2, 0) is 11.3 Å². The van der Waals surface area contributed by atoms with Gasteiger partial charge in [-0.3, -0.25) is 0 Å². The van der Waals surface area contributed by atoms with E-state index in [4.69, 9.17) is 9.15 Å². The van der Waals surface area contributed by atoms with E-state index in [-0.39, 0.29) is 0 Å². The molecular weight excluding hydrogens is 232 g/mol. The standard InChI is InChI=1S/C12H20N4O2/c1-2-9(8-17-5-1)6-14-12-16-15-11(18-12)7-13-10-3-4-10/h9-10,13H,1-8H2,(H,14,16). The first kappa shape index (κ1) is 11.9. The van der Waals surface area contributed by atoms with Gasteiger partial charge in [0.25, 0.3) is 0 Å². The van der Waals surface area contributed by atoms with Gasteiger partial charge in [-0.1, -0.05) is 5.10 Å². The second-order valence-corrected chi connectivity index (χ2v) is 5.12. The van der Waals surface area contributed by atoms with Crippen LogP contribution in [0.5, 0.6) is 0 Å². The van der Waals surface area contributed by atoms with Crippen molar-refractivity contribution >= 4 is 6.01 Å². The van der Waals surface area contributed by atoms with Crippen molar-refractivity contribution in [3.63, 3.8) is 0 Å². The van der Waals surface area contributed by atoms with Crippen molar-refractivity contribution in [1.29, 1.82) is 0 Å². The summed E-state index contributed by atoms with van der Waals surface area (Å²) in [6, 6.07) is 1.18. The summed E-state index contributed by atoms with van der Waals surface area (Å²) >= 11 is 0. The van der Waals surface area contributed by atoms with E-state index >= 15 is 0 Å². The van der Waals surface area contributed by atoms with Crippen LogP contribution >= 0.6 is 0 Å².